The maximum absolute atomic E-state index is 12.7. The quantitative estimate of drug-likeness (QED) is 0.144. The second-order valence-electron chi connectivity index (χ2n) is 9.00. The number of carbonyl (C=O) groups is 4. The number of rotatable bonds is 10. The number of benzene rings is 4. The first-order valence-electron chi connectivity index (χ1n) is 12.3. The van der Waals surface area contributed by atoms with Crippen LogP contribution in [0.1, 0.15) is 52.6 Å². The van der Waals surface area contributed by atoms with Gasteiger partial charge in [0, 0.05) is 12.1 Å². The molecule has 0 saturated carbocycles. The molecule has 216 valence electrons. The van der Waals surface area contributed by atoms with Gasteiger partial charge in [-0.15, -0.1) is 0 Å². The average Bonchev–Trinajstić information content (AvgIpc) is 2.98. The minimum absolute atomic E-state index is 0.0529. The number of carbonyl (C=O) groups excluding carboxylic acids is 2. The SMILES string of the molecule is O=C(O)c1cc(Cc2ccc(NC(=O)c3ccccc3[N+](=O)[O-])c(C(=O)O)c2)ccc1NC(=O)c1ccccc1[N+](=O)[O-]. The Hall–Kier alpha value is -6.44. The van der Waals surface area contributed by atoms with E-state index in [-0.39, 0.29) is 40.0 Å². The lowest BCUT2D eigenvalue weighted by Gasteiger charge is -2.13. The largest absolute Gasteiger partial charge is 0.478 e. The van der Waals surface area contributed by atoms with Crippen LogP contribution < -0.4 is 10.6 Å². The monoisotopic (exact) mass is 584 g/mol. The molecule has 0 aliphatic heterocycles. The van der Waals surface area contributed by atoms with E-state index < -0.39 is 45.0 Å². The number of nitrogens with zero attached hydrogens (tertiary/aromatic N) is 2. The Bertz CT molecular complexity index is 1690. The third kappa shape index (κ3) is 6.66. The molecule has 4 aromatic rings. The number of carboxylic acids is 2. The first kappa shape index (κ1) is 29.5. The van der Waals surface area contributed by atoms with Gasteiger partial charge >= 0.3 is 11.9 Å². The number of nitro groups is 2. The molecule has 4 aromatic carbocycles. The maximum atomic E-state index is 12.7. The third-order valence-electron chi connectivity index (χ3n) is 6.22. The molecule has 4 rings (SSSR count). The molecule has 0 saturated heterocycles. The summed E-state index contributed by atoms with van der Waals surface area (Å²) >= 11 is 0. The highest BCUT2D eigenvalue weighted by Gasteiger charge is 2.23. The normalized spacial score (nSPS) is 10.4. The van der Waals surface area contributed by atoms with E-state index in [1.54, 1.807) is 0 Å². The fourth-order valence-electron chi connectivity index (χ4n) is 4.24. The van der Waals surface area contributed by atoms with Crippen LogP contribution in [0.4, 0.5) is 22.7 Å². The Morgan fingerprint density at radius 2 is 0.953 bits per heavy atom. The zero-order valence-electron chi connectivity index (χ0n) is 21.8. The van der Waals surface area contributed by atoms with Crippen LogP contribution in [-0.2, 0) is 6.42 Å². The van der Waals surface area contributed by atoms with Gasteiger partial charge in [0.1, 0.15) is 11.1 Å². The van der Waals surface area contributed by atoms with Crippen molar-refractivity contribution in [2.24, 2.45) is 0 Å². The van der Waals surface area contributed by atoms with E-state index in [1.807, 2.05) is 0 Å². The van der Waals surface area contributed by atoms with Gasteiger partial charge in [0.15, 0.2) is 0 Å². The van der Waals surface area contributed by atoms with E-state index in [9.17, 15) is 49.6 Å². The number of nitrogens with one attached hydrogen (secondary N) is 2. The van der Waals surface area contributed by atoms with Crippen LogP contribution in [0, 0.1) is 20.2 Å². The first-order valence-corrected chi connectivity index (χ1v) is 12.3. The van der Waals surface area contributed by atoms with Crippen molar-refractivity contribution in [3.8, 4) is 0 Å². The molecular weight excluding hydrogens is 564 g/mol. The molecule has 0 unspecified atom stereocenters. The van der Waals surface area contributed by atoms with Crippen molar-refractivity contribution in [1.82, 2.24) is 0 Å². The van der Waals surface area contributed by atoms with Gasteiger partial charge in [-0.25, -0.2) is 9.59 Å². The molecule has 0 spiro atoms. The highest BCUT2D eigenvalue weighted by Crippen LogP contribution is 2.26. The van der Waals surface area contributed by atoms with Crippen LogP contribution in [0.5, 0.6) is 0 Å². The number of para-hydroxylation sites is 2. The molecule has 0 fully saturated rings. The predicted octanol–water partition coefficient (Wildman–Crippen LogP) is 4.99. The van der Waals surface area contributed by atoms with E-state index in [1.165, 1.54) is 72.8 Å². The van der Waals surface area contributed by atoms with Crippen LogP contribution in [0.2, 0.25) is 0 Å². The lowest BCUT2D eigenvalue weighted by molar-refractivity contribution is -0.385. The molecule has 0 aliphatic rings. The molecule has 0 radical (unpaired) electrons. The molecule has 0 bridgehead atoms. The topological polar surface area (TPSA) is 219 Å². The second-order valence-corrected chi connectivity index (χ2v) is 9.00. The summed E-state index contributed by atoms with van der Waals surface area (Å²) in [6.07, 6.45) is 0.0529. The van der Waals surface area contributed by atoms with E-state index in [0.29, 0.717) is 11.1 Å². The van der Waals surface area contributed by atoms with Crippen molar-refractivity contribution >= 4 is 46.5 Å². The van der Waals surface area contributed by atoms with Gasteiger partial charge in [-0.1, -0.05) is 36.4 Å². The first-order chi connectivity index (χ1) is 20.5. The van der Waals surface area contributed by atoms with Crippen molar-refractivity contribution in [3.63, 3.8) is 0 Å². The van der Waals surface area contributed by atoms with Gasteiger partial charge in [-0.2, -0.15) is 0 Å². The van der Waals surface area contributed by atoms with Crippen molar-refractivity contribution in [1.29, 1.82) is 0 Å². The number of hydrogen-bond donors (Lipinski definition) is 4. The molecule has 0 aromatic heterocycles. The van der Waals surface area contributed by atoms with Crippen molar-refractivity contribution < 1.29 is 39.2 Å². The standard InChI is InChI=1S/C29H20N4O10/c34-26(18-5-1-3-7-24(18)32(40)41)30-22-11-9-16(14-20(22)28(36)37)13-17-10-12-23(21(15-17)29(38)39)31-27(35)19-6-2-4-8-25(19)33(42)43/h1-12,14-15H,13H2,(H,30,34)(H,31,35)(H,36,37)(H,38,39). The summed E-state index contributed by atoms with van der Waals surface area (Å²) in [7, 11) is 0. The lowest BCUT2D eigenvalue weighted by atomic mass is 9.99. The summed E-state index contributed by atoms with van der Waals surface area (Å²) in [6, 6.07) is 18.5. The number of aromatic carboxylic acids is 2. The van der Waals surface area contributed by atoms with Crippen LogP contribution in [0.3, 0.4) is 0 Å². The number of hydrogen-bond acceptors (Lipinski definition) is 8. The third-order valence-corrected chi connectivity index (χ3v) is 6.22. The number of anilines is 2. The molecule has 2 amide bonds. The summed E-state index contributed by atoms with van der Waals surface area (Å²) in [5.41, 5.74) is -1.42. The Labute approximate surface area is 241 Å². The second kappa shape index (κ2) is 12.4. The molecule has 0 atom stereocenters. The summed E-state index contributed by atoms with van der Waals surface area (Å²) in [5.74, 6) is -4.54. The number of amides is 2. The number of nitro benzene ring substituents is 2. The summed E-state index contributed by atoms with van der Waals surface area (Å²) in [5, 5.41) is 46.8. The molecule has 4 N–H and O–H groups in total. The molecule has 0 aliphatic carbocycles. The maximum Gasteiger partial charge on any atom is 0.337 e. The Morgan fingerprint density at radius 1 is 0.581 bits per heavy atom. The summed E-state index contributed by atoms with van der Waals surface area (Å²) < 4.78 is 0. The lowest BCUT2D eigenvalue weighted by Crippen LogP contribution is -2.17. The fraction of sp³-hybridized carbons (Fsp3) is 0.0345. The van der Waals surface area contributed by atoms with E-state index in [2.05, 4.69) is 10.6 Å². The molecule has 14 nitrogen and oxygen atoms in total. The highest BCUT2D eigenvalue weighted by atomic mass is 16.6. The number of carboxylic acid groups (broad SMARTS) is 2. The molecular formula is C29H20N4O10. The predicted molar refractivity (Wildman–Crippen MR) is 152 cm³/mol. The van der Waals surface area contributed by atoms with Crippen LogP contribution in [0.15, 0.2) is 84.9 Å². The van der Waals surface area contributed by atoms with Gasteiger partial charge in [0.25, 0.3) is 23.2 Å². The summed E-state index contributed by atoms with van der Waals surface area (Å²) in [4.78, 5) is 70.4. The minimum atomic E-state index is -1.39. The highest BCUT2D eigenvalue weighted by molar-refractivity contribution is 6.10. The van der Waals surface area contributed by atoms with E-state index in [4.69, 9.17) is 0 Å². The molecule has 0 heterocycles. The minimum Gasteiger partial charge on any atom is -0.478 e. The Kier molecular flexibility index (Phi) is 8.51. The van der Waals surface area contributed by atoms with Crippen LogP contribution in [0.25, 0.3) is 0 Å². The fourth-order valence-corrected chi connectivity index (χ4v) is 4.24. The zero-order valence-corrected chi connectivity index (χ0v) is 21.8. The van der Waals surface area contributed by atoms with Crippen molar-refractivity contribution in [2.45, 2.75) is 6.42 Å². The Balaban J connectivity index is 1.58. The van der Waals surface area contributed by atoms with Crippen molar-refractivity contribution in [2.75, 3.05) is 10.6 Å². The van der Waals surface area contributed by atoms with Crippen LogP contribution >= 0.6 is 0 Å². The van der Waals surface area contributed by atoms with Gasteiger partial charge in [0.2, 0.25) is 0 Å². The van der Waals surface area contributed by atoms with Gasteiger partial charge in [0.05, 0.1) is 32.3 Å². The average molecular weight is 584 g/mol. The van der Waals surface area contributed by atoms with Crippen LogP contribution in [-0.4, -0.2) is 43.8 Å². The zero-order chi connectivity index (χ0) is 31.3. The van der Waals surface area contributed by atoms with Gasteiger partial charge in [-0.05, 0) is 53.9 Å². The summed E-state index contributed by atoms with van der Waals surface area (Å²) in [6.45, 7) is 0. The molecule has 14 heteroatoms. The van der Waals surface area contributed by atoms with Crippen molar-refractivity contribution in [3.05, 3.63) is 139 Å². The van der Waals surface area contributed by atoms with Gasteiger partial charge in [-0.3, -0.25) is 29.8 Å². The molecule has 43 heavy (non-hydrogen) atoms. The van der Waals surface area contributed by atoms with Gasteiger partial charge < -0.3 is 20.8 Å². The Morgan fingerprint density at radius 3 is 1.30 bits per heavy atom. The van der Waals surface area contributed by atoms with E-state index >= 15 is 0 Å². The van der Waals surface area contributed by atoms with E-state index in [0.717, 1.165) is 12.1 Å². The smallest absolute Gasteiger partial charge is 0.337 e.